The molecule has 2 fully saturated rings. The number of likely N-dealkylation sites (tertiary alicyclic amines) is 1. The van der Waals surface area contributed by atoms with Crippen LogP contribution in [0.1, 0.15) is 85.5 Å². The van der Waals surface area contributed by atoms with Gasteiger partial charge in [0.15, 0.2) is 17.6 Å². The van der Waals surface area contributed by atoms with Crippen molar-refractivity contribution in [3.63, 3.8) is 0 Å². The Kier molecular flexibility index (Phi) is 11.0. The molecule has 1 saturated heterocycles. The Hall–Kier alpha value is -2.64. The molecule has 1 aromatic carbocycles. The lowest BCUT2D eigenvalue weighted by Crippen LogP contribution is -2.69. The molecule has 254 valence electrons. The molecule has 0 bridgehead atoms. The predicted octanol–water partition coefficient (Wildman–Crippen LogP) is 4.91. The molecular weight excluding hydrogens is 634 g/mol. The van der Waals surface area contributed by atoms with Crippen LogP contribution in [0.15, 0.2) is 21.8 Å². The summed E-state index contributed by atoms with van der Waals surface area (Å²) in [7, 11) is 0.224. The first-order valence-corrected chi connectivity index (χ1v) is 18.0. The number of hydrogen-bond donors (Lipinski definition) is 3. The number of hydroxylamine groups is 3. The first-order valence-electron chi connectivity index (χ1n) is 16.3. The van der Waals surface area contributed by atoms with Crippen LogP contribution < -0.4 is 20.3 Å². The quantitative estimate of drug-likeness (QED) is 0.251. The summed E-state index contributed by atoms with van der Waals surface area (Å²) in [5.41, 5.74) is 0.455. The molecule has 2 atom stereocenters. The van der Waals surface area contributed by atoms with Gasteiger partial charge in [-0.05, 0) is 70.4 Å². The van der Waals surface area contributed by atoms with E-state index in [2.05, 4.69) is 5.32 Å². The number of carbonyl (C=O) groups excluding carboxylic acids is 1. The third-order valence-corrected chi connectivity index (χ3v) is 11.8. The number of ether oxygens (including phenoxy) is 3. The number of rotatable bonds is 9. The number of benzene rings is 1. The zero-order chi connectivity index (χ0) is 33.2. The third kappa shape index (κ3) is 7.11. The van der Waals surface area contributed by atoms with Gasteiger partial charge in [-0.1, -0.05) is 18.5 Å². The van der Waals surface area contributed by atoms with Gasteiger partial charge in [0.25, 0.3) is 11.5 Å². The monoisotopic (exact) mass is 680 g/mol. The maximum absolute atomic E-state index is 13.6. The van der Waals surface area contributed by atoms with Crippen LogP contribution >= 0.6 is 11.6 Å². The van der Waals surface area contributed by atoms with Crippen molar-refractivity contribution in [1.29, 1.82) is 0 Å². The number of nitrogens with zero attached hydrogens (tertiary/aromatic N) is 2. The Labute approximate surface area is 277 Å². The Morgan fingerprint density at radius 2 is 1.87 bits per heavy atom. The molecule has 1 aromatic heterocycles. The third-order valence-electron chi connectivity index (χ3n) is 9.88. The van der Waals surface area contributed by atoms with Gasteiger partial charge in [0.1, 0.15) is 25.2 Å². The number of aromatic nitrogens is 1. The van der Waals surface area contributed by atoms with Crippen LogP contribution in [-0.4, -0.2) is 80.7 Å². The minimum absolute atomic E-state index is 0.0675. The van der Waals surface area contributed by atoms with E-state index < -0.39 is 22.3 Å². The number of pyridine rings is 1. The molecule has 3 aliphatic rings. The van der Waals surface area contributed by atoms with Crippen molar-refractivity contribution >= 4 is 28.3 Å². The molecule has 0 radical (unpaired) electrons. The van der Waals surface area contributed by atoms with Crippen LogP contribution in [0.25, 0.3) is 0 Å². The molecule has 11 nitrogen and oxygen atoms in total. The highest BCUT2D eigenvalue weighted by Gasteiger charge is 2.51. The summed E-state index contributed by atoms with van der Waals surface area (Å²) in [5, 5.41) is 24.3. The smallest absolute Gasteiger partial charge is 0.289 e. The van der Waals surface area contributed by atoms with Crippen LogP contribution in [0, 0.1) is 19.8 Å². The zero-order valence-electron chi connectivity index (χ0n) is 27.2. The summed E-state index contributed by atoms with van der Waals surface area (Å²) in [6, 6.07) is 3.27. The summed E-state index contributed by atoms with van der Waals surface area (Å²) in [6.45, 7) is 6.76. The van der Waals surface area contributed by atoms with Crippen molar-refractivity contribution in [3.8, 4) is 11.5 Å². The lowest BCUT2D eigenvalue weighted by molar-refractivity contribution is -1.15. The van der Waals surface area contributed by atoms with Crippen LogP contribution in [0.4, 0.5) is 0 Å². The molecule has 1 aliphatic carbocycles. The van der Waals surface area contributed by atoms with E-state index in [0.29, 0.717) is 58.6 Å². The molecule has 0 spiro atoms. The van der Waals surface area contributed by atoms with E-state index in [9.17, 15) is 24.2 Å². The van der Waals surface area contributed by atoms with Crippen LogP contribution in [0.5, 0.6) is 11.5 Å². The van der Waals surface area contributed by atoms with Crippen LogP contribution in [-0.2, 0) is 22.1 Å². The van der Waals surface area contributed by atoms with Crippen molar-refractivity contribution in [3.05, 3.63) is 49.9 Å². The van der Waals surface area contributed by atoms with E-state index >= 15 is 0 Å². The Morgan fingerprint density at radius 1 is 1.15 bits per heavy atom. The largest absolute Gasteiger partial charge is 0.488 e. The number of halogens is 1. The Morgan fingerprint density at radius 3 is 2.54 bits per heavy atom. The van der Waals surface area contributed by atoms with Gasteiger partial charge in [0.2, 0.25) is 0 Å². The highest BCUT2D eigenvalue weighted by molar-refractivity contribution is 7.85. The maximum Gasteiger partial charge on any atom is 0.289 e. The molecule has 5 rings (SSSR count). The van der Waals surface area contributed by atoms with Gasteiger partial charge in [0, 0.05) is 43.4 Å². The van der Waals surface area contributed by atoms with Gasteiger partial charge < -0.3 is 24.7 Å². The van der Waals surface area contributed by atoms with Gasteiger partial charge >= 0.3 is 0 Å². The van der Waals surface area contributed by atoms with Gasteiger partial charge in [-0.25, -0.2) is 5.21 Å². The number of hydrogen-bond acceptors (Lipinski definition) is 8. The van der Waals surface area contributed by atoms with Crippen LogP contribution in [0.3, 0.4) is 0 Å². The van der Waals surface area contributed by atoms with Gasteiger partial charge in [0.05, 0.1) is 38.6 Å². The highest BCUT2D eigenvalue weighted by Crippen LogP contribution is 2.44. The number of carbonyl (C=O) groups is 1. The number of nitrogens with one attached hydrogen (secondary N) is 1. The number of amides is 1. The summed E-state index contributed by atoms with van der Waals surface area (Å²) in [5.74, 6) is 1.01. The summed E-state index contributed by atoms with van der Waals surface area (Å²) in [4.78, 5) is 26.9. The van der Waals surface area contributed by atoms with Crippen molar-refractivity contribution < 1.29 is 38.3 Å². The summed E-state index contributed by atoms with van der Waals surface area (Å²) < 4.78 is 31.7. The molecular formula is C33H47ClN3O8S+. The standard InChI is InChI=1S/C33H46ClN3O8S/c1-5-14-46(42)29-15-20(2)36(40)33(39)26(29)17-35-32(38)25-16-27(34)31-30(21(25)3)45-28(8-6-7-13-44-31)22-9-11-23(12-10-22)37(41)18-24(19-37)43-4/h15-16,22-24,28,40-41H,5-14,17-19H2,1-4H3/p+1/t22?,23?,24?,28-,37?,46?/m1/s1. The zero-order valence-corrected chi connectivity index (χ0v) is 28.8. The van der Waals surface area contributed by atoms with Gasteiger partial charge in [-0.3, -0.25) is 13.8 Å². The highest BCUT2D eigenvalue weighted by atomic mass is 35.5. The average molecular weight is 681 g/mol. The van der Waals surface area contributed by atoms with Crippen molar-refractivity contribution in [2.24, 2.45) is 5.92 Å². The normalized spacial score (nSPS) is 27.1. The summed E-state index contributed by atoms with van der Waals surface area (Å²) >= 11 is 6.72. The lowest BCUT2D eigenvalue weighted by Gasteiger charge is -2.49. The Bertz CT molecular complexity index is 1520. The van der Waals surface area contributed by atoms with Crippen molar-refractivity contribution in [2.45, 2.75) is 102 Å². The minimum Gasteiger partial charge on any atom is -0.488 e. The lowest BCUT2D eigenvalue weighted by atomic mass is 9.79. The van der Waals surface area contributed by atoms with E-state index in [-0.39, 0.29) is 57.2 Å². The van der Waals surface area contributed by atoms with Crippen molar-refractivity contribution in [2.75, 3.05) is 32.6 Å². The second kappa shape index (κ2) is 14.6. The molecule has 3 N–H and O–H groups in total. The number of methoxy groups -OCH3 is 1. The molecule has 46 heavy (non-hydrogen) atoms. The molecule has 1 saturated carbocycles. The first kappa shape index (κ1) is 34.7. The van der Waals surface area contributed by atoms with E-state index in [4.69, 9.17) is 25.8 Å². The topological polar surface area (TPSA) is 136 Å². The maximum atomic E-state index is 13.6. The molecule has 1 unspecified atom stereocenters. The molecule has 3 heterocycles. The fourth-order valence-corrected chi connectivity index (χ4v) is 8.66. The second-order valence-electron chi connectivity index (χ2n) is 12.9. The van der Waals surface area contributed by atoms with Crippen LogP contribution in [0.2, 0.25) is 5.02 Å². The van der Waals surface area contributed by atoms with E-state index in [1.807, 2.05) is 6.92 Å². The van der Waals surface area contributed by atoms with E-state index in [0.717, 1.165) is 44.9 Å². The number of quaternary nitrogens is 1. The SMILES string of the molecule is CCCS(=O)c1cc(C)n(O)c(=O)c1CNC(=O)c1cc(Cl)c2c(c1C)O[C@@H](C1CCC([N+]3(O)CC(OC)C3)CC1)CCCCO2. The second-order valence-corrected chi connectivity index (χ2v) is 14.9. The first-order chi connectivity index (χ1) is 22.0. The van der Waals surface area contributed by atoms with Crippen molar-refractivity contribution in [1.82, 2.24) is 10.0 Å². The number of aryl methyl sites for hydroxylation is 1. The minimum atomic E-state index is -1.47. The molecule has 13 heteroatoms. The molecule has 1 amide bonds. The fourth-order valence-electron chi connectivity index (χ4n) is 7.09. The summed E-state index contributed by atoms with van der Waals surface area (Å²) in [6.07, 6.45) is 6.95. The predicted molar refractivity (Wildman–Crippen MR) is 174 cm³/mol. The van der Waals surface area contributed by atoms with E-state index in [1.165, 1.54) is 6.07 Å². The Balaban J connectivity index is 1.35. The van der Waals surface area contributed by atoms with Gasteiger partial charge in [-0.2, -0.15) is 9.38 Å². The average Bonchev–Trinajstić information content (AvgIpc) is 3.14. The molecule has 2 aliphatic heterocycles. The van der Waals surface area contributed by atoms with Gasteiger partial charge in [-0.15, -0.1) is 0 Å². The van der Waals surface area contributed by atoms with E-state index in [1.54, 1.807) is 27.0 Å². The molecule has 2 aromatic rings. The fraction of sp³-hybridized carbons (Fsp3) is 0.636. The number of fused-ring (bicyclic) bond motifs is 1.